The normalized spacial score (nSPS) is 24.1. The summed E-state index contributed by atoms with van der Waals surface area (Å²) in [6, 6.07) is 0. The molecule has 0 aromatic carbocycles. The van der Waals surface area contributed by atoms with Crippen molar-refractivity contribution in [2.24, 2.45) is 0 Å². The number of ether oxygens (including phenoxy) is 2. The molecule has 3 N–H and O–H groups in total. The predicted molar refractivity (Wildman–Crippen MR) is 118 cm³/mol. The molecule has 0 amide bonds. The number of aliphatic hydroxyl groups is 3. The average molecular weight is 431 g/mol. The van der Waals surface area contributed by atoms with E-state index in [4.69, 9.17) is 9.47 Å². The number of rotatable bonds is 18. The van der Waals surface area contributed by atoms with Gasteiger partial charge in [-0.2, -0.15) is 0 Å². The van der Waals surface area contributed by atoms with E-state index in [2.05, 4.69) is 6.92 Å². The molecule has 0 radical (unpaired) electrons. The number of carbonyl (C=O) groups is 1. The van der Waals surface area contributed by atoms with Gasteiger partial charge in [0, 0.05) is 12.8 Å². The van der Waals surface area contributed by atoms with Crippen LogP contribution in [0.3, 0.4) is 0 Å². The summed E-state index contributed by atoms with van der Waals surface area (Å²) in [5.41, 5.74) is 0. The molecule has 0 aliphatic carbocycles. The molecule has 178 valence electrons. The van der Waals surface area contributed by atoms with Gasteiger partial charge in [-0.3, -0.25) is 4.79 Å². The van der Waals surface area contributed by atoms with Crippen molar-refractivity contribution < 1.29 is 29.6 Å². The Morgan fingerprint density at radius 3 is 1.73 bits per heavy atom. The Hall–Kier alpha value is -0.690. The molecule has 0 aromatic heterocycles. The first kappa shape index (κ1) is 27.3. The maximum atomic E-state index is 11.8. The molecule has 30 heavy (non-hydrogen) atoms. The van der Waals surface area contributed by atoms with E-state index in [9.17, 15) is 20.1 Å². The SMILES string of the molecule is CCCCCCCCCCCCCCCCCC(=O)OCC1OC(O)C(O)CC1O. The van der Waals surface area contributed by atoms with Gasteiger partial charge in [0.05, 0.1) is 6.10 Å². The summed E-state index contributed by atoms with van der Waals surface area (Å²) < 4.78 is 10.2. The summed E-state index contributed by atoms with van der Waals surface area (Å²) in [6.45, 7) is 2.17. The number of unbranched alkanes of at least 4 members (excludes halogenated alkanes) is 14. The van der Waals surface area contributed by atoms with Crippen LogP contribution in [0.1, 0.15) is 116 Å². The van der Waals surface area contributed by atoms with Crippen molar-refractivity contribution in [3.63, 3.8) is 0 Å². The maximum Gasteiger partial charge on any atom is 0.305 e. The van der Waals surface area contributed by atoms with Crippen molar-refractivity contribution in [2.45, 2.75) is 141 Å². The van der Waals surface area contributed by atoms with Gasteiger partial charge in [-0.05, 0) is 6.42 Å². The van der Waals surface area contributed by atoms with E-state index in [0.29, 0.717) is 6.42 Å². The first-order valence-electron chi connectivity index (χ1n) is 12.4. The van der Waals surface area contributed by atoms with E-state index in [-0.39, 0.29) is 19.0 Å². The van der Waals surface area contributed by atoms with Crippen LogP contribution in [0.25, 0.3) is 0 Å². The first-order valence-corrected chi connectivity index (χ1v) is 12.4. The Labute approximate surface area is 183 Å². The quantitative estimate of drug-likeness (QED) is 0.217. The molecule has 1 heterocycles. The molecule has 0 saturated carbocycles. The number of hydrogen-bond donors (Lipinski definition) is 3. The topological polar surface area (TPSA) is 96.2 Å². The van der Waals surface area contributed by atoms with Crippen LogP contribution < -0.4 is 0 Å². The highest BCUT2D eigenvalue weighted by molar-refractivity contribution is 5.69. The summed E-state index contributed by atoms with van der Waals surface area (Å²) >= 11 is 0. The number of carbonyl (C=O) groups excluding carboxylic acids is 1. The second-order valence-electron chi connectivity index (χ2n) is 8.82. The van der Waals surface area contributed by atoms with Crippen LogP contribution in [0.4, 0.5) is 0 Å². The molecule has 4 atom stereocenters. The predicted octanol–water partition coefficient (Wildman–Crippen LogP) is 4.62. The Balaban J connectivity index is 1.84. The lowest BCUT2D eigenvalue weighted by molar-refractivity contribution is -0.253. The molecule has 6 nitrogen and oxygen atoms in total. The van der Waals surface area contributed by atoms with E-state index < -0.39 is 24.6 Å². The van der Waals surface area contributed by atoms with Crippen molar-refractivity contribution in [1.82, 2.24) is 0 Å². The zero-order valence-corrected chi connectivity index (χ0v) is 19.1. The van der Waals surface area contributed by atoms with Crippen LogP contribution in [-0.2, 0) is 14.3 Å². The van der Waals surface area contributed by atoms with Crippen LogP contribution in [0.5, 0.6) is 0 Å². The van der Waals surface area contributed by atoms with Gasteiger partial charge in [0.15, 0.2) is 6.29 Å². The zero-order valence-electron chi connectivity index (χ0n) is 19.1. The van der Waals surface area contributed by atoms with Gasteiger partial charge in [0.1, 0.15) is 18.8 Å². The third-order valence-electron chi connectivity index (χ3n) is 5.95. The molecule has 1 fully saturated rings. The van der Waals surface area contributed by atoms with E-state index in [1.54, 1.807) is 0 Å². The van der Waals surface area contributed by atoms with E-state index in [0.717, 1.165) is 19.3 Å². The Bertz CT molecular complexity index is 417. The maximum absolute atomic E-state index is 11.8. The van der Waals surface area contributed by atoms with Gasteiger partial charge in [0.25, 0.3) is 0 Å². The first-order chi connectivity index (χ1) is 14.5. The molecule has 6 heteroatoms. The lowest BCUT2D eigenvalue weighted by Gasteiger charge is -2.34. The molecule has 1 rings (SSSR count). The van der Waals surface area contributed by atoms with Crippen molar-refractivity contribution in [3.05, 3.63) is 0 Å². The Morgan fingerprint density at radius 1 is 0.767 bits per heavy atom. The Kier molecular flexibility index (Phi) is 16.3. The molecular formula is C24H46O6. The fraction of sp³-hybridized carbons (Fsp3) is 0.958. The number of aliphatic hydroxyl groups excluding tert-OH is 3. The van der Waals surface area contributed by atoms with Gasteiger partial charge in [0.2, 0.25) is 0 Å². The van der Waals surface area contributed by atoms with Crippen molar-refractivity contribution in [2.75, 3.05) is 6.61 Å². The summed E-state index contributed by atoms with van der Waals surface area (Å²) in [5, 5.41) is 28.7. The Morgan fingerprint density at radius 2 is 1.23 bits per heavy atom. The molecule has 1 saturated heterocycles. The highest BCUT2D eigenvalue weighted by atomic mass is 16.6. The smallest absolute Gasteiger partial charge is 0.305 e. The number of esters is 1. The molecule has 1 aliphatic heterocycles. The van der Waals surface area contributed by atoms with Crippen LogP contribution in [0.2, 0.25) is 0 Å². The van der Waals surface area contributed by atoms with Crippen molar-refractivity contribution in [3.8, 4) is 0 Å². The van der Waals surface area contributed by atoms with Gasteiger partial charge in [-0.1, -0.05) is 96.8 Å². The second kappa shape index (κ2) is 17.9. The van der Waals surface area contributed by atoms with E-state index in [1.807, 2.05) is 0 Å². The zero-order chi connectivity index (χ0) is 22.0. The third-order valence-corrected chi connectivity index (χ3v) is 5.95. The summed E-state index contributed by atoms with van der Waals surface area (Å²) in [5.74, 6) is -0.305. The monoisotopic (exact) mass is 430 g/mol. The number of hydrogen-bond acceptors (Lipinski definition) is 6. The molecular weight excluding hydrogens is 384 g/mol. The average Bonchev–Trinajstić information content (AvgIpc) is 2.72. The van der Waals surface area contributed by atoms with Crippen LogP contribution in [0, 0.1) is 0 Å². The summed E-state index contributed by atoms with van der Waals surface area (Å²) in [4.78, 5) is 11.8. The molecule has 0 spiro atoms. The van der Waals surface area contributed by atoms with E-state index >= 15 is 0 Å². The van der Waals surface area contributed by atoms with Crippen molar-refractivity contribution >= 4 is 5.97 Å². The van der Waals surface area contributed by atoms with Gasteiger partial charge < -0.3 is 24.8 Å². The minimum Gasteiger partial charge on any atom is -0.463 e. The van der Waals surface area contributed by atoms with E-state index in [1.165, 1.54) is 77.0 Å². The van der Waals surface area contributed by atoms with Crippen LogP contribution in [0.15, 0.2) is 0 Å². The second-order valence-corrected chi connectivity index (χ2v) is 8.82. The molecule has 0 bridgehead atoms. The third kappa shape index (κ3) is 13.6. The largest absolute Gasteiger partial charge is 0.463 e. The van der Waals surface area contributed by atoms with Gasteiger partial charge in [-0.15, -0.1) is 0 Å². The fourth-order valence-electron chi connectivity index (χ4n) is 3.91. The van der Waals surface area contributed by atoms with Crippen LogP contribution in [-0.4, -0.2) is 52.5 Å². The lowest BCUT2D eigenvalue weighted by atomic mass is 10.0. The minimum atomic E-state index is -1.34. The summed E-state index contributed by atoms with van der Waals surface area (Å²) in [7, 11) is 0. The lowest BCUT2D eigenvalue weighted by Crippen LogP contribution is -2.49. The van der Waals surface area contributed by atoms with Gasteiger partial charge >= 0.3 is 5.97 Å². The molecule has 1 aliphatic rings. The minimum absolute atomic E-state index is 0.0163. The summed E-state index contributed by atoms with van der Waals surface area (Å²) in [6.07, 6.45) is 15.5. The molecule has 0 aromatic rings. The van der Waals surface area contributed by atoms with Crippen LogP contribution >= 0.6 is 0 Å². The standard InChI is InChI=1S/C24H46O6/c1-2-3-4-5-6-7-8-9-10-11-12-13-14-15-16-17-23(27)29-19-22-20(25)18-21(26)24(28)30-22/h20-22,24-26,28H,2-19H2,1H3. The van der Waals surface area contributed by atoms with Gasteiger partial charge in [-0.25, -0.2) is 0 Å². The highest BCUT2D eigenvalue weighted by Gasteiger charge is 2.35. The fourth-order valence-corrected chi connectivity index (χ4v) is 3.91. The highest BCUT2D eigenvalue weighted by Crippen LogP contribution is 2.19. The molecule has 4 unspecified atom stereocenters. The van der Waals surface area contributed by atoms with Crippen molar-refractivity contribution in [1.29, 1.82) is 0 Å².